The minimum absolute atomic E-state index is 0.444. The Balaban J connectivity index is 3.26. The van der Waals surface area contributed by atoms with E-state index in [1.165, 1.54) is 23.0 Å². The minimum Gasteiger partial charge on any atom is -0.403 e. The minimum atomic E-state index is -0.534. The SMILES string of the molecule is C=C/C=C\C(=C/N)n1ccc(=O)[nH]c1=O. The van der Waals surface area contributed by atoms with E-state index in [1.54, 1.807) is 18.2 Å². The first kappa shape index (κ1) is 10.8. The van der Waals surface area contributed by atoms with E-state index in [-0.39, 0.29) is 0 Å². The molecule has 0 aromatic carbocycles. The van der Waals surface area contributed by atoms with Crippen molar-refractivity contribution < 1.29 is 0 Å². The quantitative estimate of drug-likeness (QED) is 0.683. The molecule has 0 radical (unpaired) electrons. The highest BCUT2D eigenvalue weighted by Crippen LogP contribution is 1.99. The van der Waals surface area contributed by atoms with Gasteiger partial charge in [0.15, 0.2) is 0 Å². The molecule has 0 spiro atoms. The zero-order valence-corrected chi connectivity index (χ0v) is 8.01. The number of H-pyrrole nitrogens is 1. The van der Waals surface area contributed by atoms with E-state index in [0.717, 1.165) is 0 Å². The number of allylic oxidation sites excluding steroid dienone is 4. The Bertz CT molecular complexity index is 520. The maximum absolute atomic E-state index is 11.4. The van der Waals surface area contributed by atoms with Gasteiger partial charge in [-0.3, -0.25) is 14.3 Å². The molecule has 5 nitrogen and oxygen atoms in total. The number of hydrogen-bond acceptors (Lipinski definition) is 3. The molecule has 0 bridgehead atoms. The predicted octanol–water partition coefficient (Wildman–Crippen LogP) is 0.0359. The van der Waals surface area contributed by atoms with Gasteiger partial charge < -0.3 is 5.73 Å². The van der Waals surface area contributed by atoms with Crippen molar-refractivity contribution in [3.05, 3.63) is 64.1 Å². The molecular formula is C10H11N3O2. The Morgan fingerprint density at radius 2 is 2.27 bits per heavy atom. The van der Waals surface area contributed by atoms with Crippen molar-refractivity contribution >= 4 is 5.70 Å². The number of rotatable bonds is 3. The molecule has 78 valence electrons. The van der Waals surface area contributed by atoms with Gasteiger partial charge in [0, 0.05) is 18.5 Å². The monoisotopic (exact) mass is 205 g/mol. The second-order valence-corrected chi connectivity index (χ2v) is 2.67. The number of hydrogen-bond donors (Lipinski definition) is 2. The van der Waals surface area contributed by atoms with Gasteiger partial charge in [0.1, 0.15) is 0 Å². The molecule has 1 aromatic rings. The summed E-state index contributed by atoms with van der Waals surface area (Å²) in [6, 6.07) is 1.24. The highest BCUT2D eigenvalue weighted by molar-refractivity contribution is 5.56. The lowest BCUT2D eigenvalue weighted by molar-refractivity contribution is 0.917. The summed E-state index contributed by atoms with van der Waals surface area (Å²) in [6.45, 7) is 3.50. The Kier molecular flexibility index (Phi) is 3.45. The molecule has 0 unspecified atom stereocenters. The van der Waals surface area contributed by atoms with Crippen LogP contribution in [0.25, 0.3) is 5.70 Å². The number of nitrogens with one attached hydrogen (secondary N) is 1. The van der Waals surface area contributed by atoms with Crippen LogP contribution in [-0.2, 0) is 0 Å². The van der Waals surface area contributed by atoms with Gasteiger partial charge in [-0.05, 0) is 6.08 Å². The number of aromatic nitrogens is 2. The fourth-order valence-electron chi connectivity index (χ4n) is 1.00. The highest BCUT2D eigenvalue weighted by Gasteiger charge is 1.98. The largest absolute Gasteiger partial charge is 0.403 e. The van der Waals surface area contributed by atoms with Crippen molar-refractivity contribution in [3.8, 4) is 0 Å². The van der Waals surface area contributed by atoms with Crippen LogP contribution < -0.4 is 17.0 Å². The maximum Gasteiger partial charge on any atom is 0.332 e. The van der Waals surface area contributed by atoms with E-state index in [0.29, 0.717) is 5.70 Å². The van der Waals surface area contributed by atoms with Crippen molar-refractivity contribution in [2.75, 3.05) is 0 Å². The van der Waals surface area contributed by atoms with Gasteiger partial charge in [0.05, 0.1) is 5.70 Å². The Hall–Kier alpha value is -2.30. The molecule has 5 heteroatoms. The lowest BCUT2D eigenvalue weighted by atomic mass is 10.4. The molecular weight excluding hydrogens is 194 g/mol. The molecule has 0 aliphatic rings. The van der Waals surface area contributed by atoms with Crippen LogP contribution in [0.1, 0.15) is 0 Å². The van der Waals surface area contributed by atoms with Crippen LogP contribution in [0.3, 0.4) is 0 Å². The molecule has 0 amide bonds. The van der Waals surface area contributed by atoms with E-state index in [1.807, 2.05) is 0 Å². The Morgan fingerprint density at radius 1 is 1.53 bits per heavy atom. The maximum atomic E-state index is 11.4. The zero-order chi connectivity index (χ0) is 11.3. The summed E-state index contributed by atoms with van der Waals surface area (Å²) in [5.41, 5.74) is 4.83. The fraction of sp³-hybridized carbons (Fsp3) is 0. The normalized spacial score (nSPS) is 11.9. The first-order valence-electron chi connectivity index (χ1n) is 4.22. The van der Waals surface area contributed by atoms with E-state index in [4.69, 9.17) is 5.73 Å². The van der Waals surface area contributed by atoms with Gasteiger partial charge in [0.25, 0.3) is 5.56 Å². The Labute approximate surface area is 85.9 Å². The van der Waals surface area contributed by atoms with Crippen LogP contribution in [0.2, 0.25) is 0 Å². The summed E-state index contributed by atoms with van der Waals surface area (Å²) in [7, 11) is 0. The summed E-state index contributed by atoms with van der Waals surface area (Å²) >= 11 is 0. The van der Waals surface area contributed by atoms with Gasteiger partial charge in [0.2, 0.25) is 0 Å². The summed E-state index contributed by atoms with van der Waals surface area (Å²) in [6.07, 6.45) is 7.41. The van der Waals surface area contributed by atoms with Crippen LogP contribution >= 0.6 is 0 Å². The van der Waals surface area contributed by atoms with E-state index >= 15 is 0 Å². The fourth-order valence-corrected chi connectivity index (χ4v) is 1.00. The van der Waals surface area contributed by atoms with Crippen molar-refractivity contribution in [2.45, 2.75) is 0 Å². The van der Waals surface area contributed by atoms with Crippen LogP contribution in [0, 0.1) is 0 Å². The molecule has 0 fully saturated rings. The van der Waals surface area contributed by atoms with Crippen LogP contribution in [-0.4, -0.2) is 9.55 Å². The first-order valence-corrected chi connectivity index (χ1v) is 4.22. The zero-order valence-electron chi connectivity index (χ0n) is 8.01. The lowest BCUT2D eigenvalue weighted by Crippen LogP contribution is -2.28. The average Bonchev–Trinajstić information content (AvgIpc) is 2.21. The van der Waals surface area contributed by atoms with E-state index in [9.17, 15) is 9.59 Å². The standard InChI is InChI=1S/C10H11N3O2/c1-2-3-4-8(7-11)13-6-5-9(14)12-10(13)15/h2-7H,1,11H2,(H,12,14,15)/b4-3-,8-7+. The van der Waals surface area contributed by atoms with Gasteiger partial charge >= 0.3 is 5.69 Å². The molecule has 15 heavy (non-hydrogen) atoms. The van der Waals surface area contributed by atoms with Crippen molar-refractivity contribution in [2.24, 2.45) is 5.73 Å². The second-order valence-electron chi connectivity index (χ2n) is 2.67. The van der Waals surface area contributed by atoms with Gasteiger partial charge in [-0.25, -0.2) is 4.79 Å². The number of nitrogens with two attached hydrogens (primary N) is 1. The second kappa shape index (κ2) is 4.80. The topological polar surface area (TPSA) is 80.9 Å². The lowest BCUT2D eigenvalue weighted by Gasteiger charge is -2.03. The molecule has 0 atom stereocenters. The van der Waals surface area contributed by atoms with Crippen molar-refractivity contribution in [1.82, 2.24) is 9.55 Å². The summed E-state index contributed by atoms with van der Waals surface area (Å²) in [5, 5.41) is 0. The van der Waals surface area contributed by atoms with Gasteiger partial charge in [-0.15, -0.1) is 0 Å². The van der Waals surface area contributed by atoms with Crippen LogP contribution in [0.4, 0.5) is 0 Å². The van der Waals surface area contributed by atoms with Crippen molar-refractivity contribution in [1.29, 1.82) is 0 Å². The first-order chi connectivity index (χ1) is 7.19. The summed E-state index contributed by atoms with van der Waals surface area (Å²) < 4.78 is 1.22. The molecule has 1 heterocycles. The molecule has 0 saturated heterocycles. The van der Waals surface area contributed by atoms with E-state index in [2.05, 4.69) is 11.6 Å². The summed E-state index contributed by atoms with van der Waals surface area (Å²) in [4.78, 5) is 24.3. The highest BCUT2D eigenvalue weighted by atomic mass is 16.2. The number of nitrogens with zero attached hydrogens (tertiary/aromatic N) is 1. The number of aromatic amines is 1. The van der Waals surface area contributed by atoms with Crippen molar-refractivity contribution in [3.63, 3.8) is 0 Å². The van der Waals surface area contributed by atoms with Gasteiger partial charge in [-0.2, -0.15) is 0 Å². The predicted molar refractivity (Wildman–Crippen MR) is 59.1 cm³/mol. The third kappa shape index (κ3) is 2.57. The van der Waals surface area contributed by atoms with Crippen LogP contribution in [0.15, 0.2) is 52.9 Å². The molecule has 0 aliphatic heterocycles. The average molecular weight is 205 g/mol. The molecule has 0 saturated carbocycles. The van der Waals surface area contributed by atoms with Crippen LogP contribution in [0.5, 0.6) is 0 Å². The van der Waals surface area contributed by atoms with E-state index < -0.39 is 11.2 Å². The Morgan fingerprint density at radius 3 is 2.80 bits per heavy atom. The molecule has 1 rings (SSSR count). The third-order valence-corrected chi connectivity index (χ3v) is 1.68. The third-order valence-electron chi connectivity index (χ3n) is 1.68. The molecule has 3 N–H and O–H groups in total. The molecule has 1 aromatic heterocycles. The summed E-state index contributed by atoms with van der Waals surface area (Å²) in [5.74, 6) is 0. The smallest absolute Gasteiger partial charge is 0.332 e. The van der Waals surface area contributed by atoms with Gasteiger partial charge in [-0.1, -0.05) is 18.7 Å². The molecule has 0 aliphatic carbocycles.